The van der Waals surface area contributed by atoms with Crippen LogP contribution in [0.2, 0.25) is 0 Å². The first kappa shape index (κ1) is 30.0. The molecule has 3 rings (SSSR count). The highest BCUT2D eigenvalue weighted by Crippen LogP contribution is 2.19. The van der Waals surface area contributed by atoms with Crippen molar-refractivity contribution in [1.82, 2.24) is 9.88 Å². The molecular weight excluding hydrogens is 545 g/mol. The molecule has 2 N–H and O–H groups in total. The third kappa shape index (κ3) is 7.51. The van der Waals surface area contributed by atoms with Crippen molar-refractivity contribution >= 4 is 52.0 Å². The second-order valence-corrected chi connectivity index (χ2v) is 9.62. The van der Waals surface area contributed by atoms with E-state index in [2.05, 4.69) is 5.32 Å². The highest BCUT2D eigenvalue weighted by molar-refractivity contribution is 7.07. The summed E-state index contributed by atoms with van der Waals surface area (Å²) in [6.45, 7) is 0.251. The number of carbonyl (C=O) groups excluding carboxylic acids is 2. The van der Waals surface area contributed by atoms with E-state index < -0.39 is 29.8 Å². The lowest BCUT2D eigenvalue weighted by Crippen LogP contribution is -2.37. The van der Waals surface area contributed by atoms with Gasteiger partial charge in [0.05, 0.1) is 6.54 Å². The fourth-order valence-electron chi connectivity index (χ4n) is 3.64. The van der Waals surface area contributed by atoms with E-state index in [0.29, 0.717) is 11.4 Å². The molecule has 0 radical (unpaired) electrons. The van der Waals surface area contributed by atoms with E-state index >= 15 is 0 Å². The Hall–Kier alpha value is -4.57. The number of nitrogens with zero attached hydrogens (tertiary/aromatic N) is 4. The minimum atomic E-state index is -4.65. The number of para-hydroxylation sites is 1. The number of likely N-dealkylation sites (N-methyl/N-ethyl adjacent to an activating group) is 2. The van der Waals surface area contributed by atoms with Gasteiger partial charge < -0.3 is 20.4 Å². The van der Waals surface area contributed by atoms with Gasteiger partial charge in [0.15, 0.2) is 5.57 Å². The molecule has 0 saturated carbocycles. The molecule has 0 saturated heterocycles. The maximum Gasteiger partial charge on any atom is 0.405 e. The van der Waals surface area contributed by atoms with E-state index in [9.17, 15) is 32.8 Å². The largest absolute Gasteiger partial charge is 0.405 e. The van der Waals surface area contributed by atoms with E-state index in [1.54, 1.807) is 49.6 Å². The van der Waals surface area contributed by atoms with Crippen molar-refractivity contribution in [3.8, 4) is 6.07 Å². The molecule has 0 aliphatic rings. The van der Waals surface area contributed by atoms with Crippen LogP contribution in [0.5, 0.6) is 0 Å². The topological polar surface area (TPSA) is 110 Å². The third-order valence-corrected chi connectivity index (χ3v) is 6.90. The van der Waals surface area contributed by atoms with Gasteiger partial charge in [0.25, 0.3) is 11.5 Å². The van der Waals surface area contributed by atoms with Gasteiger partial charge >= 0.3 is 6.18 Å². The van der Waals surface area contributed by atoms with Crippen LogP contribution in [0.1, 0.15) is 6.92 Å². The zero-order valence-electron chi connectivity index (χ0n) is 22.0. The molecule has 0 atom stereocenters. The number of amides is 2. The van der Waals surface area contributed by atoms with E-state index in [1.807, 2.05) is 42.3 Å². The number of thiazole rings is 1. The van der Waals surface area contributed by atoms with Gasteiger partial charge in [-0.25, -0.2) is 0 Å². The molecule has 3 aromatic rings. The van der Waals surface area contributed by atoms with Crippen molar-refractivity contribution in [2.45, 2.75) is 19.6 Å². The smallest absolute Gasteiger partial charge is 0.365 e. The molecule has 9 nitrogen and oxygen atoms in total. The zero-order valence-corrected chi connectivity index (χ0v) is 22.8. The minimum Gasteiger partial charge on any atom is -0.365 e. The van der Waals surface area contributed by atoms with Gasteiger partial charge in [-0.05, 0) is 37.3 Å². The quantitative estimate of drug-likeness (QED) is 0.407. The van der Waals surface area contributed by atoms with Gasteiger partial charge in [-0.1, -0.05) is 24.3 Å². The van der Waals surface area contributed by atoms with Gasteiger partial charge in [0, 0.05) is 43.9 Å². The highest BCUT2D eigenvalue weighted by Gasteiger charge is 2.29. The van der Waals surface area contributed by atoms with Crippen molar-refractivity contribution in [1.29, 1.82) is 5.26 Å². The van der Waals surface area contributed by atoms with Crippen LogP contribution < -0.4 is 35.2 Å². The number of nitrogens with one attached hydrogen (secondary N) is 2. The monoisotopic (exact) mass is 572 g/mol. The van der Waals surface area contributed by atoms with Crippen LogP contribution in [0.15, 0.2) is 59.4 Å². The number of rotatable bonds is 9. The normalized spacial score (nSPS) is 12.4. The summed E-state index contributed by atoms with van der Waals surface area (Å²) < 4.78 is 38.8. The lowest BCUT2D eigenvalue weighted by atomic mass is 10.2. The van der Waals surface area contributed by atoms with Crippen LogP contribution in [0, 0.1) is 11.3 Å². The third-order valence-electron chi connectivity index (χ3n) is 5.77. The summed E-state index contributed by atoms with van der Waals surface area (Å²) in [7, 11) is 3.47. The fraction of sp³-hybridized carbons (Fsp3) is 0.259. The molecule has 1 heterocycles. The summed E-state index contributed by atoms with van der Waals surface area (Å²) in [5.74, 6) is -1.37. The van der Waals surface area contributed by atoms with E-state index in [0.717, 1.165) is 21.6 Å². The summed E-state index contributed by atoms with van der Waals surface area (Å²) in [6.07, 6.45) is -3.26. The molecule has 2 aromatic carbocycles. The lowest BCUT2D eigenvalue weighted by molar-refractivity contribution is -0.135. The van der Waals surface area contributed by atoms with Crippen molar-refractivity contribution in [3.05, 3.63) is 74.1 Å². The van der Waals surface area contributed by atoms with Gasteiger partial charge in [-0.15, -0.1) is 11.3 Å². The van der Waals surface area contributed by atoms with E-state index in [-0.39, 0.29) is 28.2 Å². The molecular formula is C27H27F3N6O3S. The Bertz CT molecular complexity index is 1590. The Morgan fingerprint density at radius 1 is 1.10 bits per heavy atom. The maximum absolute atomic E-state index is 12.9. The molecule has 0 aliphatic carbocycles. The first-order valence-electron chi connectivity index (χ1n) is 12.0. The summed E-state index contributed by atoms with van der Waals surface area (Å²) in [5, 5.41) is 14.1. The SMILES string of the molecule is CCn1c(=O)/c(=C\Nc2cccc(N(C)C(=O)CN(C)c3ccccc3)c2)s/c1=C(/C#N)C(=O)NCC(F)(F)F. The van der Waals surface area contributed by atoms with Crippen LogP contribution in [-0.4, -0.2) is 49.7 Å². The zero-order chi connectivity index (χ0) is 29.4. The Balaban J connectivity index is 1.84. The second-order valence-electron chi connectivity index (χ2n) is 8.59. The van der Waals surface area contributed by atoms with E-state index in [1.165, 1.54) is 11.1 Å². The molecule has 0 spiro atoms. The van der Waals surface area contributed by atoms with Crippen LogP contribution >= 0.6 is 11.3 Å². The van der Waals surface area contributed by atoms with E-state index in [4.69, 9.17) is 0 Å². The molecule has 0 bridgehead atoms. The summed E-state index contributed by atoms with van der Waals surface area (Å²) in [6, 6.07) is 18.0. The number of halogens is 3. The number of hydrogen-bond acceptors (Lipinski definition) is 7. The van der Waals surface area contributed by atoms with Gasteiger partial charge in [0.2, 0.25) is 5.91 Å². The van der Waals surface area contributed by atoms with Crippen LogP contribution in [-0.2, 0) is 16.1 Å². The van der Waals surface area contributed by atoms with Crippen LogP contribution in [0.4, 0.5) is 30.2 Å². The molecule has 0 unspecified atom stereocenters. The number of aromatic nitrogens is 1. The second kappa shape index (κ2) is 13.0. The molecule has 0 aliphatic heterocycles. The Morgan fingerprint density at radius 3 is 2.40 bits per heavy atom. The number of hydrogen-bond donors (Lipinski definition) is 2. The van der Waals surface area contributed by atoms with Gasteiger partial charge in [0.1, 0.15) is 21.8 Å². The van der Waals surface area contributed by atoms with Crippen LogP contribution in [0.25, 0.3) is 11.8 Å². The van der Waals surface area contributed by atoms with Crippen molar-refractivity contribution < 1.29 is 22.8 Å². The predicted octanol–water partition coefficient (Wildman–Crippen LogP) is 2.23. The molecule has 40 heavy (non-hydrogen) atoms. The average Bonchev–Trinajstić information content (AvgIpc) is 3.25. The van der Waals surface area contributed by atoms with Crippen LogP contribution in [0.3, 0.4) is 0 Å². The number of anilines is 3. The Kier molecular flexibility index (Phi) is 9.73. The Labute approximate surface area is 232 Å². The molecule has 210 valence electrons. The standard InChI is InChI=1S/C27H27F3N6O3S/c1-4-36-25(39)22(40-26(36)21(14-31)24(38)33-17-27(28,29)30)15-32-18-9-8-12-20(13-18)35(3)23(37)16-34(2)19-10-6-5-7-11-19/h5-13,15,32H,4,16-17H2,1-3H3,(H,33,38)/b22-15+,26-21-. The van der Waals surface area contributed by atoms with Gasteiger partial charge in [-0.2, -0.15) is 18.4 Å². The first-order valence-corrected chi connectivity index (χ1v) is 12.8. The molecule has 1 aromatic heterocycles. The summed E-state index contributed by atoms with van der Waals surface area (Å²) in [5.41, 5.74) is 0.952. The summed E-state index contributed by atoms with van der Waals surface area (Å²) in [4.78, 5) is 41.4. The Morgan fingerprint density at radius 2 is 1.77 bits per heavy atom. The number of alkyl halides is 3. The van der Waals surface area contributed by atoms with Crippen molar-refractivity contribution in [3.63, 3.8) is 0 Å². The average molecular weight is 573 g/mol. The van der Waals surface area contributed by atoms with Crippen molar-refractivity contribution in [2.24, 2.45) is 0 Å². The predicted molar refractivity (Wildman–Crippen MR) is 149 cm³/mol. The van der Waals surface area contributed by atoms with Gasteiger partial charge in [-0.3, -0.25) is 19.0 Å². The molecule has 13 heteroatoms. The minimum absolute atomic E-state index is 0.0515. The molecule has 2 amide bonds. The number of benzene rings is 2. The highest BCUT2D eigenvalue weighted by atomic mass is 32.1. The number of nitriles is 1. The van der Waals surface area contributed by atoms with Crippen molar-refractivity contribution in [2.75, 3.05) is 42.3 Å². The molecule has 0 fully saturated rings. The maximum atomic E-state index is 12.9. The first-order chi connectivity index (χ1) is 18.9. The fourth-order valence-corrected chi connectivity index (χ4v) is 4.72. The summed E-state index contributed by atoms with van der Waals surface area (Å²) >= 11 is 0.805. The number of carbonyl (C=O) groups is 2. The lowest BCUT2D eigenvalue weighted by Gasteiger charge is -2.23.